The largest absolute Gasteiger partial charge is 0.396 e. The summed E-state index contributed by atoms with van der Waals surface area (Å²) in [6.45, 7) is 3.84. The molecule has 0 aromatic heterocycles. The highest BCUT2D eigenvalue weighted by molar-refractivity contribution is 5.20. The second kappa shape index (κ2) is 8.09. The van der Waals surface area contributed by atoms with Crippen LogP contribution in [0.25, 0.3) is 0 Å². The lowest BCUT2D eigenvalue weighted by Gasteiger charge is -2.45. The Labute approximate surface area is 134 Å². The zero-order chi connectivity index (χ0) is 15.2. The second-order valence-electron chi connectivity index (χ2n) is 6.88. The molecule has 0 unspecified atom stereocenters. The summed E-state index contributed by atoms with van der Waals surface area (Å²) in [4.78, 5) is 2.70. The van der Waals surface area contributed by atoms with Crippen molar-refractivity contribution in [1.82, 2.24) is 10.2 Å². The number of nitrogens with zero attached hydrogens (tertiary/aromatic N) is 1. The quantitative estimate of drug-likeness (QED) is 0.848. The van der Waals surface area contributed by atoms with Gasteiger partial charge in [0.2, 0.25) is 0 Å². The molecule has 122 valence electrons. The Morgan fingerprint density at radius 1 is 1.09 bits per heavy atom. The zero-order valence-corrected chi connectivity index (χ0v) is 13.6. The molecule has 3 nitrogen and oxygen atoms in total. The molecule has 1 aromatic rings. The van der Waals surface area contributed by atoms with Crippen molar-refractivity contribution >= 4 is 0 Å². The molecule has 0 saturated carbocycles. The van der Waals surface area contributed by atoms with E-state index in [1.807, 2.05) is 0 Å². The first kappa shape index (κ1) is 16.0. The van der Waals surface area contributed by atoms with Gasteiger partial charge in [0, 0.05) is 25.2 Å². The van der Waals surface area contributed by atoms with E-state index in [1.165, 1.54) is 50.8 Å². The lowest BCUT2D eigenvalue weighted by Crippen LogP contribution is -2.56. The normalized spacial score (nSPS) is 27.3. The Morgan fingerprint density at radius 3 is 2.73 bits per heavy atom. The third kappa shape index (κ3) is 3.89. The van der Waals surface area contributed by atoms with Crippen LogP contribution in [-0.4, -0.2) is 48.3 Å². The van der Waals surface area contributed by atoms with Gasteiger partial charge in [-0.2, -0.15) is 0 Å². The first-order valence-electron chi connectivity index (χ1n) is 9.01. The van der Waals surface area contributed by atoms with Crippen molar-refractivity contribution in [3.63, 3.8) is 0 Å². The predicted octanol–water partition coefficient (Wildman–Crippen LogP) is 2.76. The number of piperidine rings is 2. The number of hydrogen-bond acceptors (Lipinski definition) is 3. The van der Waals surface area contributed by atoms with E-state index >= 15 is 0 Å². The van der Waals surface area contributed by atoms with Gasteiger partial charge in [0.25, 0.3) is 0 Å². The third-order valence-corrected chi connectivity index (χ3v) is 5.46. The van der Waals surface area contributed by atoms with Gasteiger partial charge in [0.15, 0.2) is 0 Å². The minimum Gasteiger partial charge on any atom is -0.396 e. The molecule has 2 N–H and O–H groups in total. The number of fused-ring (bicyclic) bond motifs is 1. The summed E-state index contributed by atoms with van der Waals surface area (Å²) in [5.74, 6) is 0.421. The van der Waals surface area contributed by atoms with Crippen LogP contribution in [0.5, 0.6) is 0 Å². The topological polar surface area (TPSA) is 35.5 Å². The van der Waals surface area contributed by atoms with Crippen LogP contribution in [0.15, 0.2) is 30.3 Å². The maximum Gasteiger partial charge on any atom is 0.0437 e. The Kier molecular flexibility index (Phi) is 5.88. The summed E-state index contributed by atoms with van der Waals surface area (Å²) in [6.07, 6.45) is 7.59. The van der Waals surface area contributed by atoms with E-state index in [0.29, 0.717) is 12.0 Å². The van der Waals surface area contributed by atoms with E-state index in [0.717, 1.165) is 19.0 Å². The van der Waals surface area contributed by atoms with Crippen molar-refractivity contribution in [3.8, 4) is 0 Å². The van der Waals surface area contributed by atoms with Gasteiger partial charge in [0.05, 0.1) is 0 Å². The third-order valence-electron chi connectivity index (χ3n) is 5.46. The van der Waals surface area contributed by atoms with Crippen molar-refractivity contribution in [2.24, 2.45) is 0 Å². The van der Waals surface area contributed by atoms with Crippen LogP contribution >= 0.6 is 0 Å². The lowest BCUT2D eigenvalue weighted by atomic mass is 9.88. The monoisotopic (exact) mass is 302 g/mol. The van der Waals surface area contributed by atoms with E-state index in [4.69, 9.17) is 0 Å². The Bertz CT molecular complexity index is 434. The van der Waals surface area contributed by atoms with Crippen molar-refractivity contribution in [3.05, 3.63) is 35.9 Å². The summed E-state index contributed by atoms with van der Waals surface area (Å²) in [5, 5.41) is 13.2. The molecule has 0 amide bonds. The predicted molar refractivity (Wildman–Crippen MR) is 91.1 cm³/mol. The number of nitrogens with one attached hydrogen (secondary N) is 1. The van der Waals surface area contributed by atoms with Gasteiger partial charge in [-0.25, -0.2) is 0 Å². The zero-order valence-electron chi connectivity index (χ0n) is 13.6. The van der Waals surface area contributed by atoms with E-state index in [9.17, 15) is 5.11 Å². The van der Waals surface area contributed by atoms with Crippen molar-refractivity contribution in [2.75, 3.05) is 26.2 Å². The van der Waals surface area contributed by atoms with Gasteiger partial charge < -0.3 is 10.4 Å². The molecule has 2 fully saturated rings. The Hall–Kier alpha value is -0.900. The van der Waals surface area contributed by atoms with E-state index in [-0.39, 0.29) is 6.61 Å². The fourth-order valence-corrected chi connectivity index (χ4v) is 4.26. The summed E-state index contributed by atoms with van der Waals surface area (Å²) in [6, 6.07) is 12.0. The molecule has 0 bridgehead atoms. The average molecular weight is 302 g/mol. The first-order chi connectivity index (χ1) is 10.9. The summed E-state index contributed by atoms with van der Waals surface area (Å²) < 4.78 is 0. The molecule has 2 heterocycles. The number of rotatable bonds is 6. The van der Waals surface area contributed by atoms with Crippen molar-refractivity contribution < 1.29 is 5.11 Å². The molecule has 2 aliphatic heterocycles. The molecule has 0 radical (unpaired) electrons. The van der Waals surface area contributed by atoms with Crippen LogP contribution in [0.4, 0.5) is 0 Å². The van der Waals surface area contributed by atoms with E-state index < -0.39 is 0 Å². The maximum absolute atomic E-state index is 9.39. The highest BCUT2D eigenvalue weighted by Gasteiger charge is 2.32. The molecule has 0 spiro atoms. The van der Waals surface area contributed by atoms with Gasteiger partial charge in [-0.1, -0.05) is 36.8 Å². The van der Waals surface area contributed by atoms with Crippen LogP contribution in [0.1, 0.15) is 50.0 Å². The number of aliphatic hydroxyl groups excluding tert-OH is 1. The first-order valence-corrected chi connectivity index (χ1v) is 9.01. The van der Waals surface area contributed by atoms with Crippen LogP contribution in [-0.2, 0) is 0 Å². The molecule has 3 atom stereocenters. The Morgan fingerprint density at radius 2 is 1.91 bits per heavy atom. The smallest absolute Gasteiger partial charge is 0.0437 e. The van der Waals surface area contributed by atoms with Gasteiger partial charge >= 0.3 is 0 Å². The summed E-state index contributed by atoms with van der Waals surface area (Å²) in [7, 11) is 0. The molecule has 2 aliphatic rings. The SMILES string of the molecule is OCC[C@H](CN[C@H]1CCCN2CCCC[C@@H]12)c1ccccc1. The van der Waals surface area contributed by atoms with Crippen molar-refractivity contribution in [1.29, 1.82) is 0 Å². The van der Waals surface area contributed by atoms with Gasteiger partial charge in [-0.05, 0) is 56.7 Å². The van der Waals surface area contributed by atoms with E-state index in [1.54, 1.807) is 0 Å². The number of aliphatic hydroxyl groups is 1. The molecular weight excluding hydrogens is 272 g/mol. The molecule has 2 saturated heterocycles. The molecule has 3 rings (SSSR count). The highest BCUT2D eigenvalue weighted by atomic mass is 16.3. The fraction of sp³-hybridized carbons (Fsp3) is 0.684. The van der Waals surface area contributed by atoms with Crippen LogP contribution in [0.2, 0.25) is 0 Å². The number of hydrogen-bond donors (Lipinski definition) is 2. The standard InChI is InChI=1S/C19H30N2O/c22-14-11-17(16-7-2-1-3-8-16)15-20-18-9-6-13-21-12-5-4-10-19(18)21/h1-3,7-8,17-20,22H,4-6,9-15H2/t17-,18+,19+/m1/s1. The van der Waals surface area contributed by atoms with Gasteiger partial charge in [-0.15, -0.1) is 0 Å². The Balaban J connectivity index is 1.59. The van der Waals surface area contributed by atoms with Crippen LogP contribution < -0.4 is 5.32 Å². The number of benzene rings is 1. The minimum absolute atomic E-state index is 0.265. The minimum atomic E-state index is 0.265. The average Bonchev–Trinajstić information content (AvgIpc) is 2.59. The highest BCUT2D eigenvalue weighted by Crippen LogP contribution is 2.27. The fourth-order valence-electron chi connectivity index (χ4n) is 4.26. The molecule has 22 heavy (non-hydrogen) atoms. The molecule has 1 aromatic carbocycles. The summed E-state index contributed by atoms with van der Waals surface area (Å²) in [5.41, 5.74) is 1.35. The molecule has 0 aliphatic carbocycles. The van der Waals surface area contributed by atoms with Crippen LogP contribution in [0, 0.1) is 0 Å². The summed E-state index contributed by atoms with van der Waals surface area (Å²) >= 11 is 0. The lowest BCUT2D eigenvalue weighted by molar-refractivity contribution is 0.0766. The van der Waals surface area contributed by atoms with Gasteiger partial charge in [0.1, 0.15) is 0 Å². The van der Waals surface area contributed by atoms with E-state index in [2.05, 4.69) is 40.5 Å². The van der Waals surface area contributed by atoms with Gasteiger partial charge in [-0.3, -0.25) is 4.90 Å². The second-order valence-corrected chi connectivity index (χ2v) is 6.88. The molecular formula is C19H30N2O. The van der Waals surface area contributed by atoms with Crippen molar-refractivity contribution in [2.45, 2.75) is 56.5 Å². The molecule has 3 heteroatoms. The maximum atomic E-state index is 9.39. The van der Waals surface area contributed by atoms with Crippen LogP contribution in [0.3, 0.4) is 0 Å².